The summed E-state index contributed by atoms with van der Waals surface area (Å²) < 4.78 is 7.78. The Labute approximate surface area is 192 Å². The normalized spacial score (nSPS) is 19.6. The van der Waals surface area contributed by atoms with Crippen LogP contribution in [0.5, 0.6) is 0 Å². The fourth-order valence-corrected chi connectivity index (χ4v) is 5.11. The fraction of sp³-hybridized carbons (Fsp3) is 0.600. The molecule has 0 atom stereocenters. The Bertz CT molecular complexity index is 880. The lowest BCUT2D eigenvalue weighted by molar-refractivity contribution is -0.0352. The van der Waals surface area contributed by atoms with Crippen molar-refractivity contribution in [3.8, 4) is 0 Å². The Morgan fingerprint density at radius 1 is 1.12 bits per heavy atom. The van der Waals surface area contributed by atoms with E-state index in [0.29, 0.717) is 0 Å². The number of hydrogen-bond donors (Lipinski definition) is 2. The molecule has 2 aliphatic rings. The maximum Gasteiger partial charge on any atom is 0.191 e. The fourth-order valence-electron chi connectivity index (χ4n) is 5.11. The molecule has 1 aliphatic carbocycles. The van der Waals surface area contributed by atoms with Gasteiger partial charge < -0.3 is 19.9 Å². The summed E-state index contributed by atoms with van der Waals surface area (Å²) in [7, 11) is 1.86. The first-order chi connectivity index (χ1) is 15.7. The molecule has 7 nitrogen and oxygen atoms in total. The number of aliphatic imine (C=N–C) groups is 1. The molecule has 0 unspecified atom stereocenters. The van der Waals surface area contributed by atoms with Gasteiger partial charge in [0.1, 0.15) is 5.82 Å². The van der Waals surface area contributed by atoms with E-state index in [9.17, 15) is 0 Å². The minimum Gasteiger partial charge on any atom is -0.379 e. The average molecular weight is 439 g/mol. The van der Waals surface area contributed by atoms with Crippen LogP contribution >= 0.6 is 0 Å². The lowest BCUT2D eigenvalue weighted by Gasteiger charge is -2.48. The molecule has 0 amide bonds. The second kappa shape index (κ2) is 11.0. The van der Waals surface area contributed by atoms with Crippen LogP contribution in [-0.4, -0.2) is 65.8 Å². The predicted octanol–water partition coefficient (Wildman–Crippen LogP) is 2.94. The summed E-state index contributed by atoms with van der Waals surface area (Å²) >= 11 is 0. The molecule has 2 N–H and O–H groups in total. The number of aryl methyl sites for hydroxylation is 1. The van der Waals surface area contributed by atoms with Gasteiger partial charge in [-0.2, -0.15) is 0 Å². The van der Waals surface area contributed by atoms with Crippen LogP contribution < -0.4 is 10.6 Å². The van der Waals surface area contributed by atoms with Gasteiger partial charge in [-0.1, -0.05) is 43.5 Å². The molecule has 7 heteroatoms. The van der Waals surface area contributed by atoms with Crippen molar-refractivity contribution < 1.29 is 4.74 Å². The zero-order valence-electron chi connectivity index (χ0n) is 19.6. The minimum atomic E-state index is 0.224. The first-order valence-corrected chi connectivity index (χ1v) is 12.0. The molecule has 174 valence electrons. The van der Waals surface area contributed by atoms with Gasteiger partial charge in [0.25, 0.3) is 0 Å². The number of nitrogens with zero attached hydrogens (tertiary/aromatic N) is 4. The number of imidazole rings is 1. The summed E-state index contributed by atoms with van der Waals surface area (Å²) in [5, 5.41) is 7.17. The number of rotatable bonds is 7. The van der Waals surface area contributed by atoms with Crippen molar-refractivity contribution >= 4 is 5.96 Å². The molecular weight excluding hydrogens is 400 g/mol. The Hall–Kier alpha value is -2.38. The third-order valence-electron chi connectivity index (χ3n) is 7.00. The van der Waals surface area contributed by atoms with E-state index < -0.39 is 0 Å². The van der Waals surface area contributed by atoms with Crippen molar-refractivity contribution in [3.63, 3.8) is 0 Å². The molecule has 0 radical (unpaired) electrons. The van der Waals surface area contributed by atoms with Gasteiger partial charge >= 0.3 is 0 Å². The third-order valence-corrected chi connectivity index (χ3v) is 7.00. The van der Waals surface area contributed by atoms with Gasteiger partial charge in [0.2, 0.25) is 0 Å². The van der Waals surface area contributed by atoms with Crippen LogP contribution in [0.4, 0.5) is 0 Å². The highest BCUT2D eigenvalue weighted by atomic mass is 16.5. The van der Waals surface area contributed by atoms with Crippen LogP contribution in [0.15, 0.2) is 41.7 Å². The highest BCUT2D eigenvalue weighted by molar-refractivity contribution is 5.79. The van der Waals surface area contributed by atoms with Gasteiger partial charge in [-0.3, -0.25) is 9.89 Å². The van der Waals surface area contributed by atoms with Crippen LogP contribution in [0.2, 0.25) is 0 Å². The molecule has 32 heavy (non-hydrogen) atoms. The van der Waals surface area contributed by atoms with E-state index in [2.05, 4.69) is 54.3 Å². The second-order valence-electron chi connectivity index (χ2n) is 9.09. The molecule has 0 bridgehead atoms. The van der Waals surface area contributed by atoms with E-state index in [1.54, 1.807) is 0 Å². The first-order valence-electron chi connectivity index (χ1n) is 12.0. The van der Waals surface area contributed by atoms with Crippen molar-refractivity contribution in [2.45, 2.75) is 57.7 Å². The van der Waals surface area contributed by atoms with Crippen molar-refractivity contribution in [1.82, 2.24) is 25.1 Å². The average Bonchev–Trinajstić information content (AvgIpc) is 3.25. The van der Waals surface area contributed by atoms with Crippen molar-refractivity contribution in [3.05, 3.63) is 53.6 Å². The van der Waals surface area contributed by atoms with Crippen molar-refractivity contribution in [1.29, 1.82) is 0 Å². The molecule has 0 spiro atoms. The zero-order valence-corrected chi connectivity index (χ0v) is 19.6. The molecular formula is C25H38N6O. The van der Waals surface area contributed by atoms with E-state index in [1.807, 2.05) is 26.4 Å². The van der Waals surface area contributed by atoms with Crippen LogP contribution in [0.3, 0.4) is 0 Å². The van der Waals surface area contributed by atoms with Crippen LogP contribution in [0.1, 0.15) is 49.1 Å². The van der Waals surface area contributed by atoms with Gasteiger partial charge in [-0.05, 0) is 30.9 Å². The molecule has 1 aromatic carbocycles. The number of hydrogen-bond acceptors (Lipinski definition) is 4. The van der Waals surface area contributed by atoms with Gasteiger partial charge in [0.15, 0.2) is 5.96 Å². The summed E-state index contributed by atoms with van der Waals surface area (Å²) in [4.78, 5) is 11.5. The third kappa shape index (κ3) is 5.70. The monoisotopic (exact) mass is 438 g/mol. The first kappa shape index (κ1) is 22.8. The number of aromatic nitrogens is 2. The Morgan fingerprint density at radius 2 is 1.91 bits per heavy atom. The summed E-state index contributed by atoms with van der Waals surface area (Å²) in [5.41, 5.74) is 2.76. The Balaban J connectivity index is 1.33. The van der Waals surface area contributed by atoms with Gasteiger partial charge in [0, 0.05) is 57.7 Å². The van der Waals surface area contributed by atoms with E-state index in [0.717, 1.165) is 57.7 Å². The summed E-state index contributed by atoms with van der Waals surface area (Å²) in [5.74, 6) is 1.91. The Morgan fingerprint density at radius 3 is 2.62 bits per heavy atom. The standard InChI is InChI=1S/C25H38N6O/c1-21-27-11-12-30(21)19-23-8-6-7-22(17-23)18-28-24(26-2)29-20-25(9-4-3-5-10-25)31-13-15-32-16-14-31/h6-8,11-12,17H,3-5,9-10,13-16,18-20H2,1-2H3,(H2,26,28,29). The van der Waals surface area contributed by atoms with Gasteiger partial charge in [0.05, 0.1) is 13.2 Å². The number of morpholine rings is 1. The number of ether oxygens (including phenoxy) is 1. The van der Waals surface area contributed by atoms with Crippen molar-refractivity contribution in [2.24, 2.45) is 4.99 Å². The molecule has 1 aromatic heterocycles. The smallest absolute Gasteiger partial charge is 0.191 e. The molecule has 2 fully saturated rings. The molecule has 2 aromatic rings. The highest BCUT2D eigenvalue weighted by Crippen LogP contribution is 2.33. The lowest BCUT2D eigenvalue weighted by Crippen LogP contribution is -2.60. The SMILES string of the molecule is CN=C(NCc1cccc(Cn2ccnc2C)c1)NCC1(N2CCOCC2)CCCCC1. The van der Waals surface area contributed by atoms with E-state index in [1.165, 1.54) is 43.2 Å². The zero-order chi connectivity index (χ0) is 22.2. The topological polar surface area (TPSA) is 66.7 Å². The quantitative estimate of drug-likeness (QED) is 0.514. The molecule has 1 aliphatic heterocycles. The second-order valence-corrected chi connectivity index (χ2v) is 9.09. The minimum absolute atomic E-state index is 0.224. The number of guanidine groups is 1. The summed E-state index contributed by atoms with van der Waals surface area (Å²) in [6.07, 6.45) is 10.4. The highest BCUT2D eigenvalue weighted by Gasteiger charge is 2.38. The predicted molar refractivity (Wildman–Crippen MR) is 129 cm³/mol. The van der Waals surface area contributed by atoms with Crippen LogP contribution in [0, 0.1) is 6.92 Å². The molecule has 4 rings (SSSR count). The van der Waals surface area contributed by atoms with E-state index in [4.69, 9.17) is 4.74 Å². The summed E-state index contributed by atoms with van der Waals surface area (Å²) in [6, 6.07) is 8.73. The van der Waals surface area contributed by atoms with Gasteiger partial charge in [-0.25, -0.2) is 4.98 Å². The lowest BCUT2D eigenvalue weighted by atomic mass is 9.80. The molecule has 2 heterocycles. The Kier molecular flexibility index (Phi) is 7.81. The van der Waals surface area contributed by atoms with E-state index >= 15 is 0 Å². The van der Waals surface area contributed by atoms with Gasteiger partial charge in [-0.15, -0.1) is 0 Å². The van der Waals surface area contributed by atoms with E-state index in [-0.39, 0.29) is 5.54 Å². The number of benzene rings is 1. The molecule has 1 saturated heterocycles. The summed E-state index contributed by atoms with van der Waals surface area (Å²) in [6.45, 7) is 8.35. The van der Waals surface area contributed by atoms with Crippen molar-refractivity contribution in [2.75, 3.05) is 39.9 Å². The van der Waals surface area contributed by atoms with Crippen LogP contribution in [0.25, 0.3) is 0 Å². The number of nitrogens with one attached hydrogen (secondary N) is 2. The maximum atomic E-state index is 5.62. The largest absolute Gasteiger partial charge is 0.379 e. The molecule has 1 saturated carbocycles. The van der Waals surface area contributed by atoms with Crippen LogP contribution in [-0.2, 0) is 17.8 Å². The maximum absolute atomic E-state index is 5.62.